The molecule has 9 heteroatoms. The molecule has 0 aromatic heterocycles. The maximum Gasteiger partial charge on any atom is 0.327 e. The molecule has 2 fully saturated rings. The number of likely N-dealkylation sites (tertiary alicyclic amines) is 1. The molecule has 0 bridgehead atoms. The fourth-order valence-electron chi connectivity index (χ4n) is 2.23. The third-order valence-electron chi connectivity index (χ3n) is 3.42. The number of carbonyl (C=O) groups excluding carboxylic acids is 3. The van der Waals surface area contributed by atoms with Crippen molar-refractivity contribution < 1.29 is 24.3 Å². The molecule has 0 spiro atoms. The molecule has 8 nitrogen and oxygen atoms in total. The molecular weight excluding hydrogens is 286 g/mol. The first-order valence-electron chi connectivity index (χ1n) is 6.06. The number of carboxylic acids is 1. The number of carboxylic acid groups (broad SMARTS) is 1. The number of thioether (sulfide) groups is 1. The standard InChI is InChI=1S/C11H15N3O5S/c1-5-14(7(4-20-5)10(17)18)11(19)12-6-3-8(15)13(2)9(6)16/h5-7H,3-4H2,1-2H3,(H,12,19)(H,17,18). The summed E-state index contributed by atoms with van der Waals surface area (Å²) in [6.07, 6.45) is -0.0891. The van der Waals surface area contributed by atoms with Crippen molar-refractivity contribution in [2.24, 2.45) is 0 Å². The minimum Gasteiger partial charge on any atom is -0.480 e. The van der Waals surface area contributed by atoms with Crippen molar-refractivity contribution >= 4 is 35.6 Å². The molecule has 0 saturated carbocycles. The molecule has 0 aromatic carbocycles. The summed E-state index contributed by atoms with van der Waals surface area (Å²) in [5, 5.41) is 11.2. The van der Waals surface area contributed by atoms with Gasteiger partial charge in [0.15, 0.2) is 0 Å². The van der Waals surface area contributed by atoms with E-state index in [9.17, 15) is 19.2 Å². The molecule has 3 unspecified atom stereocenters. The first kappa shape index (κ1) is 14.6. The van der Waals surface area contributed by atoms with Crippen LogP contribution >= 0.6 is 11.8 Å². The van der Waals surface area contributed by atoms with Crippen molar-refractivity contribution in [3.8, 4) is 0 Å². The number of hydrogen-bond acceptors (Lipinski definition) is 5. The average molecular weight is 301 g/mol. The predicted molar refractivity (Wildman–Crippen MR) is 69.9 cm³/mol. The Hall–Kier alpha value is -1.77. The molecule has 4 amide bonds. The van der Waals surface area contributed by atoms with E-state index in [1.54, 1.807) is 6.92 Å². The maximum atomic E-state index is 12.1. The fourth-order valence-corrected chi connectivity index (χ4v) is 3.40. The Bertz CT molecular complexity index is 483. The van der Waals surface area contributed by atoms with Crippen molar-refractivity contribution in [1.29, 1.82) is 0 Å². The van der Waals surface area contributed by atoms with Crippen LogP contribution in [0.5, 0.6) is 0 Å². The van der Waals surface area contributed by atoms with Crippen LogP contribution in [0.3, 0.4) is 0 Å². The Balaban J connectivity index is 2.06. The van der Waals surface area contributed by atoms with E-state index in [1.165, 1.54) is 23.7 Å². The summed E-state index contributed by atoms with van der Waals surface area (Å²) < 4.78 is 0. The summed E-state index contributed by atoms with van der Waals surface area (Å²) >= 11 is 1.35. The second kappa shape index (κ2) is 5.31. The monoisotopic (exact) mass is 301 g/mol. The molecule has 110 valence electrons. The highest BCUT2D eigenvalue weighted by Gasteiger charge is 2.43. The van der Waals surface area contributed by atoms with Gasteiger partial charge in [-0.25, -0.2) is 9.59 Å². The Morgan fingerprint density at radius 1 is 1.40 bits per heavy atom. The number of nitrogens with zero attached hydrogens (tertiary/aromatic N) is 2. The lowest BCUT2D eigenvalue weighted by Gasteiger charge is -2.26. The number of rotatable bonds is 2. The molecule has 2 rings (SSSR count). The Labute approximate surface area is 119 Å². The van der Waals surface area contributed by atoms with Crippen LogP contribution in [0.2, 0.25) is 0 Å². The van der Waals surface area contributed by atoms with Gasteiger partial charge in [-0.15, -0.1) is 11.8 Å². The van der Waals surface area contributed by atoms with E-state index in [2.05, 4.69) is 5.32 Å². The van der Waals surface area contributed by atoms with Crippen LogP contribution in [-0.2, 0) is 14.4 Å². The number of nitrogens with one attached hydrogen (secondary N) is 1. The molecule has 2 heterocycles. The van der Waals surface area contributed by atoms with Gasteiger partial charge < -0.3 is 10.4 Å². The Morgan fingerprint density at radius 3 is 2.55 bits per heavy atom. The maximum absolute atomic E-state index is 12.1. The van der Waals surface area contributed by atoms with Crippen LogP contribution in [0.4, 0.5) is 4.79 Å². The molecule has 3 atom stereocenters. The molecule has 0 aliphatic carbocycles. The molecular formula is C11H15N3O5S. The van der Waals surface area contributed by atoms with Gasteiger partial charge in [-0.3, -0.25) is 19.4 Å². The van der Waals surface area contributed by atoms with Gasteiger partial charge in [0.25, 0.3) is 5.91 Å². The highest BCUT2D eigenvalue weighted by molar-refractivity contribution is 8.00. The van der Waals surface area contributed by atoms with Crippen molar-refractivity contribution in [2.75, 3.05) is 12.8 Å². The van der Waals surface area contributed by atoms with Crippen LogP contribution < -0.4 is 5.32 Å². The number of urea groups is 1. The van der Waals surface area contributed by atoms with Crippen molar-refractivity contribution in [2.45, 2.75) is 30.8 Å². The predicted octanol–water partition coefficient (Wildman–Crippen LogP) is -0.699. The zero-order valence-electron chi connectivity index (χ0n) is 11.0. The van der Waals surface area contributed by atoms with Gasteiger partial charge >= 0.3 is 12.0 Å². The highest BCUT2D eigenvalue weighted by Crippen LogP contribution is 2.29. The van der Waals surface area contributed by atoms with Crippen molar-refractivity contribution in [3.05, 3.63) is 0 Å². The van der Waals surface area contributed by atoms with Crippen LogP contribution in [0.25, 0.3) is 0 Å². The summed E-state index contributed by atoms with van der Waals surface area (Å²) in [7, 11) is 1.35. The third kappa shape index (κ3) is 2.45. The number of hydrogen-bond donors (Lipinski definition) is 2. The third-order valence-corrected chi connectivity index (χ3v) is 4.64. The number of amides is 4. The first-order chi connectivity index (χ1) is 9.32. The van der Waals surface area contributed by atoms with Crippen molar-refractivity contribution in [1.82, 2.24) is 15.1 Å². The second-order valence-corrected chi connectivity index (χ2v) is 6.04. The van der Waals surface area contributed by atoms with Crippen LogP contribution in [0, 0.1) is 0 Å². The van der Waals surface area contributed by atoms with E-state index in [1.807, 2.05) is 0 Å². The molecule has 20 heavy (non-hydrogen) atoms. The van der Waals surface area contributed by atoms with E-state index >= 15 is 0 Å². The van der Waals surface area contributed by atoms with Gasteiger partial charge in [-0.2, -0.15) is 0 Å². The number of likely N-dealkylation sites (N-methyl/N-ethyl adjacent to an activating group) is 1. The van der Waals surface area contributed by atoms with Gasteiger partial charge in [0.2, 0.25) is 5.91 Å². The van der Waals surface area contributed by atoms with E-state index in [4.69, 9.17) is 5.11 Å². The zero-order chi connectivity index (χ0) is 15.0. The number of imide groups is 1. The average Bonchev–Trinajstić information content (AvgIpc) is 2.87. The van der Waals surface area contributed by atoms with Crippen LogP contribution in [0.15, 0.2) is 0 Å². The fraction of sp³-hybridized carbons (Fsp3) is 0.636. The normalized spacial score (nSPS) is 30.0. The number of carbonyl (C=O) groups is 4. The Kier molecular flexibility index (Phi) is 3.89. The van der Waals surface area contributed by atoms with Crippen molar-refractivity contribution in [3.63, 3.8) is 0 Å². The van der Waals surface area contributed by atoms with Gasteiger partial charge in [-0.1, -0.05) is 0 Å². The van der Waals surface area contributed by atoms with Gasteiger partial charge in [-0.05, 0) is 6.92 Å². The van der Waals surface area contributed by atoms with E-state index in [0.717, 1.165) is 4.90 Å². The molecule has 0 aromatic rings. The van der Waals surface area contributed by atoms with Gasteiger partial charge in [0, 0.05) is 12.8 Å². The summed E-state index contributed by atoms with van der Waals surface area (Å²) in [6, 6.07) is -2.46. The van der Waals surface area contributed by atoms with E-state index in [-0.39, 0.29) is 17.7 Å². The van der Waals surface area contributed by atoms with E-state index in [0.29, 0.717) is 5.75 Å². The summed E-state index contributed by atoms with van der Waals surface area (Å²) in [5.41, 5.74) is 0. The second-order valence-electron chi connectivity index (χ2n) is 4.69. The van der Waals surface area contributed by atoms with Gasteiger partial charge in [0.1, 0.15) is 12.1 Å². The summed E-state index contributed by atoms with van der Waals surface area (Å²) in [4.78, 5) is 48.5. The minimum absolute atomic E-state index is 0.0891. The van der Waals surface area contributed by atoms with Crippen LogP contribution in [0.1, 0.15) is 13.3 Å². The lowest BCUT2D eigenvalue weighted by Crippen LogP contribution is -2.53. The topological polar surface area (TPSA) is 107 Å². The lowest BCUT2D eigenvalue weighted by molar-refractivity contribution is -0.141. The zero-order valence-corrected chi connectivity index (χ0v) is 11.8. The molecule has 2 aliphatic rings. The largest absolute Gasteiger partial charge is 0.480 e. The Morgan fingerprint density at radius 2 is 2.05 bits per heavy atom. The summed E-state index contributed by atoms with van der Waals surface area (Å²) in [5.74, 6) is -1.61. The number of aliphatic carboxylic acids is 1. The quantitative estimate of drug-likeness (QED) is 0.653. The van der Waals surface area contributed by atoms with Gasteiger partial charge in [0.05, 0.1) is 11.8 Å². The minimum atomic E-state index is -1.08. The molecule has 2 saturated heterocycles. The molecule has 2 aliphatic heterocycles. The first-order valence-corrected chi connectivity index (χ1v) is 7.11. The highest BCUT2D eigenvalue weighted by atomic mass is 32.2. The molecule has 0 radical (unpaired) electrons. The lowest BCUT2D eigenvalue weighted by atomic mass is 10.2. The smallest absolute Gasteiger partial charge is 0.327 e. The molecule has 2 N–H and O–H groups in total. The SMILES string of the molecule is CC1SCC(C(=O)O)N1C(=O)NC1CC(=O)N(C)C1=O. The van der Waals surface area contributed by atoms with Crippen LogP contribution in [-0.4, -0.2) is 69.0 Å². The van der Waals surface area contributed by atoms with E-state index < -0.39 is 30.0 Å². The summed E-state index contributed by atoms with van der Waals surface area (Å²) in [6.45, 7) is 1.72.